The number of piperazine rings is 3. The minimum absolute atomic E-state index is 0.00223. The number of pyridine rings is 9. The van der Waals surface area contributed by atoms with Gasteiger partial charge in [-0.1, -0.05) is 166 Å². The summed E-state index contributed by atoms with van der Waals surface area (Å²) in [6, 6.07) is 17.6. The molecule has 6 aliphatic rings. The van der Waals surface area contributed by atoms with E-state index >= 15 is 4.79 Å². The molecule has 0 radical (unpaired) electrons. The van der Waals surface area contributed by atoms with Crippen LogP contribution in [0, 0.1) is 20.8 Å². The Morgan fingerprint density at radius 3 is 1.16 bits per heavy atom. The third kappa shape index (κ3) is 18.2. The standard InChI is InChI=1S/C37H42Cl3N7O3.C33H33Cl3N6O3.C32H29Cl3N6O4/c1-8-29(49)45-19-23-18-44(13-9-12-43(6)7)35-34(46(23)17-22(45)5)26-16-28(39)32(25-14-24(48)15-27(38)30(25)40)42-36(26)47(37(35)50)33-21(4)10-11-41-31(33)20(2)3;1-7-25(44)40-15-19-14-39(6)31-30(41(19)13-18(40)5)22-12-24(35)28(21-10-20(43)11-23(34)26(21)36)38-32(22)42(33(31)45)29-17(4)8-9-37-27(29)16(2)3;1-6-23(43)39-13-22-31(44)38-27-29(40(22)12-16(39)5)19-11-21(34)26(18-9-17(42)10-20(33)24(18)35)37-30(19)41(32(27)45)28-15(4)7-8-36-25(28)14(2)3/h8,10-11,14-16,20,22-23,48H,1,9,12-13,17-19H2,2-7H3;7-12,16,18-19,43H,1,13-15H2,2-6H3;6-11,14,16,22,42H,1,12-13H2,2-5H3,(H,38,44). The summed E-state index contributed by atoms with van der Waals surface area (Å²) in [5.74, 6) is -1.36. The van der Waals surface area contributed by atoms with Gasteiger partial charge in [-0.25, -0.2) is 15.0 Å². The van der Waals surface area contributed by atoms with Gasteiger partial charge in [0, 0.05) is 147 Å². The molecule has 29 nitrogen and oxygen atoms in total. The second-order valence-corrected chi connectivity index (χ2v) is 41.0. The predicted octanol–water partition coefficient (Wildman–Crippen LogP) is 19.6. The van der Waals surface area contributed by atoms with Crippen LogP contribution in [0.5, 0.6) is 17.2 Å². The van der Waals surface area contributed by atoms with Crippen LogP contribution in [0.3, 0.4) is 0 Å². The van der Waals surface area contributed by atoms with E-state index in [1.165, 1.54) is 59.2 Å². The Bertz CT molecular complexity index is 7400. The number of aryl methyl sites for hydroxylation is 3. The smallest absolute Gasteiger partial charge is 0.282 e. The fourth-order valence-electron chi connectivity index (χ4n) is 20.1. The summed E-state index contributed by atoms with van der Waals surface area (Å²) in [7, 11) is 5.95. The number of phenols is 3. The molecule has 4 N–H and O–H groups in total. The summed E-state index contributed by atoms with van der Waals surface area (Å²) in [5, 5.41) is 37.5. The molecule has 38 heteroatoms. The molecule has 6 unspecified atom stereocenters. The molecule has 4 amide bonds. The Morgan fingerprint density at radius 2 is 0.786 bits per heavy atom. The lowest BCUT2D eigenvalue weighted by molar-refractivity contribution is -0.131. The zero-order valence-electron chi connectivity index (χ0n) is 79.6. The van der Waals surface area contributed by atoms with Crippen LogP contribution in [0.1, 0.15) is 120 Å². The van der Waals surface area contributed by atoms with Crippen LogP contribution in [0.15, 0.2) is 144 Å². The average Bonchev–Trinajstić information content (AvgIpc) is 0.714. The number of halogens is 9. The Morgan fingerprint density at radius 1 is 0.443 bits per heavy atom. The number of likely N-dealkylation sites (N-methyl/N-ethyl adjacent to an activating group) is 1. The van der Waals surface area contributed by atoms with Crippen molar-refractivity contribution in [2.24, 2.45) is 0 Å². The number of nitrogens with one attached hydrogen (secondary N) is 1. The van der Waals surface area contributed by atoms with Crippen LogP contribution >= 0.6 is 104 Å². The third-order valence-corrected chi connectivity index (χ3v) is 29.9. The van der Waals surface area contributed by atoms with Crippen molar-refractivity contribution in [3.63, 3.8) is 0 Å². The van der Waals surface area contributed by atoms with E-state index in [1.54, 1.807) is 50.8 Å². The number of rotatable bonds is 16. The van der Waals surface area contributed by atoms with Crippen molar-refractivity contribution < 1.29 is 34.5 Å². The topological polar surface area (TPSA) is 314 Å². The van der Waals surface area contributed by atoms with Gasteiger partial charge in [0.25, 0.3) is 16.7 Å². The van der Waals surface area contributed by atoms with E-state index in [9.17, 15) is 44.1 Å². The second-order valence-electron chi connectivity index (χ2n) is 37.4. The lowest BCUT2D eigenvalue weighted by atomic mass is 9.98. The molecular formula is C102H104Cl9N19O10. The fraction of sp³-hybridized carbons (Fsp3) is 0.343. The van der Waals surface area contributed by atoms with E-state index in [4.69, 9.17) is 124 Å². The number of phenolic OH excluding ortho intramolecular Hbond substituents is 3. The molecule has 0 saturated carbocycles. The zero-order chi connectivity index (χ0) is 101. The minimum atomic E-state index is -0.778. The number of aromatic nitrogens is 9. The molecule has 0 bridgehead atoms. The maximum absolute atomic E-state index is 15.4. The summed E-state index contributed by atoms with van der Waals surface area (Å²) in [5.41, 5.74) is 11.1. The van der Waals surface area contributed by atoms with E-state index in [1.807, 2.05) is 142 Å². The van der Waals surface area contributed by atoms with Gasteiger partial charge in [0.05, 0.1) is 132 Å². The molecule has 0 aliphatic carbocycles. The van der Waals surface area contributed by atoms with Crippen molar-refractivity contribution in [1.82, 2.24) is 63.2 Å². The van der Waals surface area contributed by atoms with Crippen molar-refractivity contribution in [1.29, 1.82) is 0 Å². The van der Waals surface area contributed by atoms with Crippen LogP contribution in [0.25, 0.3) is 83.9 Å². The van der Waals surface area contributed by atoms with Gasteiger partial charge in [0.1, 0.15) is 57.3 Å². The molecule has 3 saturated heterocycles. The molecule has 15 heterocycles. The monoisotopic (exact) mass is 2070 g/mol. The Labute approximate surface area is 854 Å². The number of amides is 4. The molecule has 12 aromatic rings. The van der Waals surface area contributed by atoms with Gasteiger partial charge < -0.3 is 64.7 Å². The van der Waals surface area contributed by atoms with Crippen LogP contribution in [0.2, 0.25) is 45.2 Å². The van der Waals surface area contributed by atoms with Gasteiger partial charge in [-0.2, -0.15) is 0 Å². The first-order valence-electron chi connectivity index (χ1n) is 45.7. The van der Waals surface area contributed by atoms with Crippen molar-refractivity contribution >= 4 is 195 Å². The molecule has 9 aromatic heterocycles. The Hall–Kier alpha value is -11.7. The molecule has 3 aromatic carbocycles. The maximum Gasteiger partial charge on any atom is 0.282 e. The number of nitrogens with zero attached hydrogens (tertiary/aromatic N) is 18. The Kier molecular flexibility index (Phi) is 28.9. The van der Waals surface area contributed by atoms with E-state index in [-0.39, 0.29) is 186 Å². The summed E-state index contributed by atoms with van der Waals surface area (Å²) in [6.45, 7) is 39.6. The predicted molar refractivity (Wildman–Crippen MR) is 563 cm³/mol. The quantitative estimate of drug-likeness (QED) is 0.0653. The maximum atomic E-state index is 15.4. The molecule has 0 spiro atoms. The highest BCUT2D eigenvalue weighted by Gasteiger charge is 2.48. The highest BCUT2D eigenvalue weighted by molar-refractivity contribution is 6.46. The number of hydrogen-bond acceptors (Lipinski definition) is 22. The van der Waals surface area contributed by atoms with E-state index in [0.29, 0.717) is 130 Å². The van der Waals surface area contributed by atoms with Gasteiger partial charge in [-0.15, -0.1) is 0 Å². The van der Waals surface area contributed by atoms with Gasteiger partial charge in [0.15, 0.2) is 0 Å². The largest absolute Gasteiger partial charge is 0.508 e. The van der Waals surface area contributed by atoms with Crippen LogP contribution in [-0.2, 0) is 19.2 Å². The van der Waals surface area contributed by atoms with Crippen molar-refractivity contribution in [3.05, 3.63) is 239 Å². The number of aromatic hydroxyl groups is 3. The average molecular weight is 2080 g/mol. The molecule has 6 aliphatic heterocycles. The van der Waals surface area contributed by atoms with Crippen LogP contribution in [-0.4, -0.2) is 225 Å². The van der Waals surface area contributed by atoms with E-state index in [0.717, 1.165) is 46.7 Å². The first-order valence-corrected chi connectivity index (χ1v) is 49.1. The normalized spacial score (nSPS) is 17.7. The molecule has 140 heavy (non-hydrogen) atoms. The molecule has 18 rings (SSSR count). The lowest BCUT2D eigenvalue weighted by Gasteiger charge is -2.52. The van der Waals surface area contributed by atoms with Crippen molar-refractivity contribution in [2.75, 3.05) is 116 Å². The fourth-order valence-corrected chi connectivity index (χ4v) is 22.1. The summed E-state index contributed by atoms with van der Waals surface area (Å²) < 4.78 is 4.75. The number of fused-ring (bicyclic) bond motifs is 15. The minimum Gasteiger partial charge on any atom is -0.508 e. The summed E-state index contributed by atoms with van der Waals surface area (Å²) >= 11 is 59.9. The Balaban J connectivity index is 0.000000152. The second kappa shape index (κ2) is 40.0. The van der Waals surface area contributed by atoms with Crippen LogP contribution < -0.4 is 46.5 Å². The summed E-state index contributed by atoms with van der Waals surface area (Å²) in [6.07, 6.45) is 9.93. The number of benzene rings is 3. The van der Waals surface area contributed by atoms with E-state index < -0.39 is 17.5 Å². The molecule has 6 atom stereocenters. The van der Waals surface area contributed by atoms with Gasteiger partial charge >= 0.3 is 0 Å². The lowest BCUT2D eigenvalue weighted by Crippen LogP contribution is -2.64. The zero-order valence-corrected chi connectivity index (χ0v) is 86.4. The van der Waals surface area contributed by atoms with Gasteiger partial charge in [0.2, 0.25) is 23.6 Å². The first-order chi connectivity index (χ1) is 66.4. The van der Waals surface area contributed by atoms with Crippen molar-refractivity contribution in [3.8, 4) is 68.1 Å². The van der Waals surface area contributed by atoms with E-state index in [2.05, 4.69) is 54.6 Å². The number of anilines is 6. The third-order valence-electron chi connectivity index (χ3n) is 26.6. The number of carbonyl (C=O) groups excluding carboxylic acids is 4. The summed E-state index contributed by atoms with van der Waals surface area (Å²) in [4.78, 5) is 144. The first kappa shape index (κ1) is 101. The van der Waals surface area contributed by atoms with Crippen LogP contribution in [0.4, 0.5) is 34.1 Å². The molecular weight excluding hydrogens is 1970 g/mol. The van der Waals surface area contributed by atoms with Gasteiger partial charge in [-0.05, 0) is 176 Å². The van der Waals surface area contributed by atoms with Crippen molar-refractivity contribution in [2.45, 2.75) is 144 Å². The molecule has 730 valence electrons. The highest BCUT2D eigenvalue weighted by Crippen LogP contribution is 2.52. The van der Waals surface area contributed by atoms with Gasteiger partial charge in [-0.3, -0.25) is 62.2 Å². The highest BCUT2D eigenvalue weighted by atomic mass is 35.5. The number of carbonyl (C=O) groups is 4. The number of hydrogen-bond donors (Lipinski definition) is 4. The SMILES string of the molecule is C=CC(=O)N1CC2C(=O)Nc3c(c4cc(Cl)c(-c5cc(O)cc(Cl)c5Cl)nc4n(-c4c(C)ccnc4C(C)C)c3=O)N2CC1C.C=CC(=O)N1CC2CN(C)c3c(c4cc(Cl)c(-c5cc(O)cc(Cl)c5Cl)nc4n(-c4c(C)ccnc4C(C)C)c3=O)N2CC1C.C=CC(=O)N1CC2CN(CCCN(C)C)c3c(c4cc(Cl)c(-c5cc(O)cc(Cl)c5Cl)nc4n(-c4c(C)ccnc4C(C)C)c3=O)N2CC1C. The molecule has 3 fully saturated rings.